The largest absolute Gasteiger partial charge is 0.493 e. The van der Waals surface area contributed by atoms with Crippen molar-refractivity contribution in [2.45, 2.75) is 66.2 Å². The van der Waals surface area contributed by atoms with Gasteiger partial charge < -0.3 is 18.7 Å². The van der Waals surface area contributed by atoms with E-state index in [1.165, 1.54) is 13.2 Å². The van der Waals surface area contributed by atoms with Crippen molar-refractivity contribution in [1.82, 2.24) is 5.16 Å². The summed E-state index contributed by atoms with van der Waals surface area (Å²) in [6.07, 6.45) is 1.93. The minimum atomic E-state index is -0.705. The van der Waals surface area contributed by atoms with E-state index in [0.29, 0.717) is 59.7 Å². The second-order valence-corrected chi connectivity index (χ2v) is 13.3. The number of ether oxygens (including phenoxy) is 3. The Morgan fingerprint density at radius 3 is 2.02 bits per heavy atom. The van der Waals surface area contributed by atoms with Crippen LogP contribution in [0, 0.1) is 17.8 Å². The fourth-order valence-electron chi connectivity index (χ4n) is 6.33. The van der Waals surface area contributed by atoms with Crippen LogP contribution in [0.15, 0.2) is 75.7 Å². The highest BCUT2D eigenvalue weighted by atomic mass is 16.6. The van der Waals surface area contributed by atoms with Gasteiger partial charge in [-0.1, -0.05) is 68.7 Å². The lowest BCUT2D eigenvalue weighted by atomic mass is 9.65. The quantitative estimate of drug-likeness (QED) is 0.229. The molecule has 0 saturated carbocycles. The molecule has 3 aliphatic rings. The van der Waals surface area contributed by atoms with Crippen molar-refractivity contribution in [3.05, 3.63) is 88.0 Å². The third-order valence-electron chi connectivity index (χ3n) is 8.36. The molecule has 43 heavy (non-hydrogen) atoms. The third-order valence-corrected chi connectivity index (χ3v) is 8.36. The average Bonchev–Trinajstić information content (AvgIpc) is 3.42. The predicted molar refractivity (Wildman–Crippen MR) is 159 cm³/mol. The van der Waals surface area contributed by atoms with Crippen molar-refractivity contribution >= 4 is 17.5 Å². The molecule has 8 heteroatoms. The molecule has 2 aromatic carbocycles. The van der Waals surface area contributed by atoms with Crippen LogP contribution in [-0.4, -0.2) is 29.8 Å². The van der Waals surface area contributed by atoms with Crippen LogP contribution in [0.4, 0.5) is 0 Å². The molecule has 2 heterocycles. The SMILES string of the molecule is COc1cc(C2C3=C(CC(C)(C)CC3=O)OC3=C2C(=O)CC(C)(C)C3)ccc1OC(=O)c1cc(-c2ccc(C)cc2)on1. The lowest BCUT2D eigenvalue weighted by molar-refractivity contribution is -0.120. The Kier molecular flexibility index (Phi) is 6.91. The van der Waals surface area contributed by atoms with Crippen molar-refractivity contribution in [2.75, 3.05) is 7.11 Å². The summed E-state index contributed by atoms with van der Waals surface area (Å²) in [5, 5.41) is 3.90. The lowest BCUT2D eigenvalue weighted by Crippen LogP contribution is -2.37. The number of aromatic nitrogens is 1. The molecule has 6 rings (SSSR count). The van der Waals surface area contributed by atoms with Gasteiger partial charge in [-0.25, -0.2) is 4.79 Å². The smallest absolute Gasteiger partial charge is 0.366 e. The second kappa shape index (κ2) is 10.4. The lowest BCUT2D eigenvalue weighted by Gasteiger charge is -2.42. The minimum Gasteiger partial charge on any atom is -0.493 e. The van der Waals surface area contributed by atoms with Gasteiger partial charge in [-0.3, -0.25) is 9.59 Å². The second-order valence-electron chi connectivity index (χ2n) is 13.3. The molecule has 0 radical (unpaired) electrons. The number of hydrogen-bond acceptors (Lipinski definition) is 8. The van der Waals surface area contributed by atoms with Gasteiger partial charge in [-0.15, -0.1) is 0 Å². The number of carbonyl (C=O) groups excluding carboxylic acids is 3. The van der Waals surface area contributed by atoms with Crippen LogP contribution in [0.1, 0.15) is 80.9 Å². The van der Waals surface area contributed by atoms with Gasteiger partial charge in [0.25, 0.3) is 0 Å². The Bertz CT molecular complexity index is 1670. The summed E-state index contributed by atoms with van der Waals surface area (Å²) < 4.78 is 23.1. The summed E-state index contributed by atoms with van der Waals surface area (Å²) >= 11 is 0. The molecule has 0 N–H and O–H groups in total. The van der Waals surface area contributed by atoms with Gasteiger partial charge in [-0.2, -0.15) is 0 Å². The summed E-state index contributed by atoms with van der Waals surface area (Å²) in [6.45, 7) is 10.2. The molecule has 2 aliphatic carbocycles. The first-order valence-electron chi connectivity index (χ1n) is 14.5. The fourth-order valence-corrected chi connectivity index (χ4v) is 6.33. The van der Waals surface area contributed by atoms with E-state index in [4.69, 9.17) is 18.7 Å². The molecule has 222 valence electrons. The van der Waals surface area contributed by atoms with Gasteiger partial charge in [0.15, 0.2) is 34.5 Å². The molecule has 3 aromatic rings. The van der Waals surface area contributed by atoms with Crippen LogP contribution in [0.25, 0.3) is 11.3 Å². The van der Waals surface area contributed by atoms with Crippen LogP contribution < -0.4 is 9.47 Å². The first-order chi connectivity index (χ1) is 20.3. The third kappa shape index (κ3) is 5.42. The predicted octanol–water partition coefficient (Wildman–Crippen LogP) is 7.28. The Hall–Kier alpha value is -4.46. The highest BCUT2D eigenvalue weighted by Crippen LogP contribution is 2.53. The number of benzene rings is 2. The van der Waals surface area contributed by atoms with Gasteiger partial charge >= 0.3 is 5.97 Å². The molecule has 8 nitrogen and oxygen atoms in total. The van der Waals surface area contributed by atoms with E-state index in [0.717, 1.165) is 11.1 Å². The van der Waals surface area contributed by atoms with E-state index >= 15 is 0 Å². The maximum Gasteiger partial charge on any atom is 0.366 e. The number of carbonyl (C=O) groups is 3. The van der Waals surface area contributed by atoms with Gasteiger partial charge in [0.1, 0.15) is 11.5 Å². The number of aryl methyl sites for hydroxylation is 1. The molecular formula is C35H35NO7. The number of allylic oxidation sites excluding steroid dienone is 4. The van der Waals surface area contributed by atoms with E-state index in [2.05, 4.69) is 32.9 Å². The highest BCUT2D eigenvalue weighted by Gasteiger charge is 2.48. The van der Waals surface area contributed by atoms with E-state index in [9.17, 15) is 14.4 Å². The van der Waals surface area contributed by atoms with Crippen LogP contribution in [0.2, 0.25) is 0 Å². The number of nitrogens with zero attached hydrogens (tertiary/aromatic N) is 1. The summed E-state index contributed by atoms with van der Waals surface area (Å²) in [5.74, 6) is 0.856. The van der Waals surface area contributed by atoms with Crippen molar-refractivity contribution in [3.63, 3.8) is 0 Å². The zero-order chi connectivity index (χ0) is 30.7. The van der Waals surface area contributed by atoms with E-state index in [-0.39, 0.29) is 39.6 Å². The summed E-state index contributed by atoms with van der Waals surface area (Å²) in [6, 6.07) is 14.3. The van der Waals surface area contributed by atoms with Crippen LogP contribution >= 0.6 is 0 Å². The normalized spacial score (nSPS) is 19.5. The zero-order valence-corrected chi connectivity index (χ0v) is 25.3. The number of methoxy groups -OCH3 is 1. The van der Waals surface area contributed by atoms with Gasteiger partial charge in [0.05, 0.1) is 7.11 Å². The maximum absolute atomic E-state index is 13.6. The monoisotopic (exact) mass is 581 g/mol. The van der Waals surface area contributed by atoms with Crippen molar-refractivity contribution in [2.24, 2.45) is 10.8 Å². The maximum atomic E-state index is 13.6. The zero-order valence-electron chi connectivity index (χ0n) is 25.3. The Balaban J connectivity index is 1.34. The number of esters is 1. The number of Topliss-reactive ketones (excluding diaryl/α,β-unsaturated/α-hetero) is 2. The number of ketones is 2. The number of rotatable bonds is 5. The summed E-state index contributed by atoms with van der Waals surface area (Å²) in [5.41, 5.74) is 3.18. The Morgan fingerprint density at radius 1 is 0.837 bits per heavy atom. The first-order valence-corrected chi connectivity index (χ1v) is 14.5. The molecular weight excluding hydrogens is 546 g/mol. The van der Waals surface area contributed by atoms with Gasteiger partial charge in [0, 0.05) is 54.4 Å². The molecule has 1 aromatic heterocycles. The molecule has 0 fully saturated rings. The van der Waals surface area contributed by atoms with Crippen molar-refractivity contribution in [1.29, 1.82) is 0 Å². The van der Waals surface area contributed by atoms with E-state index in [1.807, 2.05) is 31.2 Å². The average molecular weight is 582 g/mol. The van der Waals surface area contributed by atoms with Crippen molar-refractivity contribution < 1.29 is 33.1 Å². The van der Waals surface area contributed by atoms with Gasteiger partial charge in [-0.05, 0) is 35.4 Å². The van der Waals surface area contributed by atoms with Gasteiger partial charge in [0.2, 0.25) is 0 Å². The molecule has 0 unspecified atom stereocenters. The van der Waals surface area contributed by atoms with E-state index in [1.54, 1.807) is 18.2 Å². The standard InChI is InChI=1S/C35H35NO7/c1-19-7-9-20(10-8-19)26-14-22(36-43-26)33(39)42-25-12-11-21(13-27(25)40-6)30-31-23(37)15-34(2,3)17-28(31)41-29-18-35(4,5)16-24(38)32(29)30/h7-14,30H,15-18H2,1-6H3. The fraction of sp³-hybridized carbons (Fsp3) is 0.371. The molecule has 0 bridgehead atoms. The van der Waals surface area contributed by atoms with E-state index < -0.39 is 11.9 Å². The molecule has 0 saturated heterocycles. The Morgan fingerprint density at radius 2 is 1.44 bits per heavy atom. The molecule has 1 aliphatic heterocycles. The number of hydrogen-bond donors (Lipinski definition) is 0. The topological polar surface area (TPSA) is 105 Å². The molecule has 0 atom stereocenters. The molecule has 0 amide bonds. The van der Waals surface area contributed by atoms with Crippen molar-refractivity contribution in [3.8, 4) is 22.8 Å². The summed E-state index contributed by atoms with van der Waals surface area (Å²) in [7, 11) is 1.48. The van der Waals surface area contributed by atoms with Crippen LogP contribution in [0.3, 0.4) is 0 Å². The first kappa shape index (κ1) is 28.6. The van der Waals surface area contributed by atoms with Crippen LogP contribution in [-0.2, 0) is 14.3 Å². The van der Waals surface area contributed by atoms with Crippen LogP contribution in [0.5, 0.6) is 11.5 Å². The minimum absolute atomic E-state index is 0.0153. The molecule has 0 spiro atoms. The Labute approximate surface area is 250 Å². The summed E-state index contributed by atoms with van der Waals surface area (Å²) in [4.78, 5) is 40.2. The highest BCUT2D eigenvalue weighted by molar-refractivity contribution is 6.06.